The highest BCUT2D eigenvalue weighted by molar-refractivity contribution is 7.90. The smallest absolute Gasteiger partial charge is 0.316 e. The molecule has 0 spiro atoms. The van der Waals surface area contributed by atoms with E-state index in [9.17, 15) is 8.42 Å². The number of hydrogen-bond acceptors (Lipinski definition) is 6. The summed E-state index contributed by atoms with van der Waals surface area (Å²) in [7, 11) is -2.38. The van der Waals surface area contributed by atoms with Crippen molar-refractivity contribution in [2.75, 3.05) is 7.11 Å². The molecule has 0 saturated heterocycles. The van der Waals surface area contributed by atoms with Crippen molar-refractivity contribution in [2.24, 2.45) is 5.73 Å². The zero-order chi connectivity index (χ0) is 21.8. The lowest BCUT2D eigenvalue weighted by atomic mass is 10.0. The number of nitrogens with two attached hydrogens (primary N) is 1. The maximum Gasteiger partial charge on any atom is 0.316 e. The number of hydrogen-bond donors (Lipinski definition) is 1. The van der Waals surface area contributed by atoms with Crippen molar-refractivity contribution in [1.82, 2.24) is 13.9 Å². The van der Waals surface area contributed by atoms with Gasteiger partial charge < -0.3 is 10.5 Å². The molecule has 2 aromatic carbocycles. The van der Waals surface area contributed by atoms with E-state index < -0.39 is 10.0 Å². The Labute approximate surface area is 180 Å². The number of benzene rings is 2. The van der Waals surface area contributed by atoms with Gasteiger partial charge in [0.2, 0.25) is 0 Å². The average Bonchev–Trinajstić information content (AvgIpc) is 3.35. The highest BCUT2D eigenvalue weighted by Crippen LogP contribution is 2.39. The number of methoxy groups -OCH3 is 1. The molecule has 2 aromatic heterocycles. The van der Waals surface area contributed by atoms with Gasteiger partial charge in [-0.2, -0.15) is 0 Å². The Balaban J connectivity index is 1.81. The minimum absolute atomic E-state index is 0.0239. The first-order valence-electron chi connectivity index (χ1n) is 10.0. The van der Waals surface area contributed by atoms with E-state index in [-0.39, 0.29) is 16.9 Å². The number of fused-ring (bicyclic) bond motifs is 3. The molecule has 1 atom stereocenters. The molecule has 158 valence electrons. The highest BCUT2D eigenvalue weighted by Gasteiger charge is 2.28. The van der Waals surface area contributed by atoms with Crippen molar-refractivity contribution in [3.63, 3.8) is 0 Å². The molecular weight excluding hydrogens is 412 g/mol. The van der Waals surface area contributed by atoms with E-state index in [1.807, 2.05) is 25.1 Å². The second-order valence-electron chi connectivity index (χ2n) is 7.78. The molecule has 0 radical (unpaired) electrons. The molecule has 4 aromatic rings. The maximum atomic E-state index is 13.8. The van der Waals surface area contributed by atoms with Crippen molar-refractivity contribution in [1.29, 1.82) is 0 Å². The molecule has 0 fully saturated rings. The van der Waals surface area contributed by atoms with Crippen LogP contribution in [0, 0.1) is 6.92 Å². The van der Waals surface area contributed by atoms with Crippen molar-refractivity contribution in [2.45, 2.75) is 30.7 Å². The molecule has 5 rings (SSSR count). The van der Waals surface area contributed by atoms with Gasteiger partial charge in [0.15, 0.2) is 0 Å². The zero-order valence-electron chi connectivity index (χ0n) is 17.2. The predicted octanol–water partition coefficient (Wildman–Crippen LogP) is 3.60. The molecule has 0 amide bonds. The van der Waals surface area contributed by atoms with Crippen LogP contribution in [0.15, 0.2) is 59.8 Å². The SMILES string of the molecule is COc1ncc(-c2cc3c4c(ccc3n2S(=O)(=O)c2ccc(C)cc2)[C@H](N)CC4)cn1. The van der Waals surface area contributed by atoms with Crippen LogP contribution in [0.1, 0.15) is 29.2 Å². The van der Waals surface area contributed by atoms with Crippen LogP contribution in [0.5, 0.6) is 6.01 Å². The minimum Gasteiger partial charge on any atom is -0.467 e. The van der Waals surface area contributed by atoms with E-state index in [2.05, 4.69) is 9.97 Å². The first-order valence-corrected chi connectivity index (χ1v) is 11.5. The van der Waals surface area contributed by atoms with Crippen LogP contribution in [0.3, 0.4) is 0 Å². The standard InChI is InChI=1S/C23H22N4O3S/c1-14-3-5-16(6-4-14)31(28,29)27-21-10-8-18-17(7-9-20(18)24)19(21)11-22(27)15-12-25-23(30-2)26-13-15/h3-6,8,10-13,20H,7,9,24H2,1-2H3/t20-/m1/s1. The van der Waals surface area contributed by atoms with Gasteiger partial charge in [0.1, 0.15) is 0 Å². The second-order valence-corrected chi connectivity index (χ2v) is 9.57. The third-order valence-corrected chi connectivity index (χ3v) is 7.60. The van der Waals surface area contributed by atoms with Gasteiger partial charge >= 0.3 is 6.01 Å². The van der Waals surface area contributed by atoms with Gasteiger partial charge in [0.05, 0.1) is 23.2 Å². The maximum absolute atomic E-state index is 13.8. The van der Waals surface area contributed by atoms with Crippen molar-refractivity contribution < 1.29 is 13.2 Å². The van der Waals surface area contributed by atoms with E-state index in [1.165, 1.54) is 11.1 Å². The van der Waals surface area contributed by atoms with Crippen LogP contribution in [0.25, 0.3) is 22.2 Å². The van der Waals surface area contributed by atoms with E-state index in [1.54, 1.807) is 36.7 Å². The average molecular weight is 435 g/mol. The van der Waals surface area contributed by atoms with E-state index in [0.717, 1.165) is 34.9 Å². The van der Waals surface area contributed by atoms with Crippen LogP contribution in [-0.4, -0.2) is 29.5 Å². The Hall–Kier alpha value is -3.23. The molecule has 2 N–H and O–H groups in total. The summed E-state index contributed by atoms with van der Waals surface area (Å²) >= 11 is 0. The highest BCUT2D eigenvalue weighted by atomic mass is 32.2. The summed E-state index contributed by atoms with van der Waals surface area (Å²) in [5.74, 6) is 0. The van der Waals surface area contributed by atoms with Crippen LogP contribution < -0.4 is 10.5 Å². The summed E-state index contributed by atoms with van der Waals surface area (Å²) < 4.78 is 34.0. The van der Waals surface area contributed by atoms with Gasteiger partial charge in [-0.1, -0.05) is 23.8 Å². The third-order valence-electron chi connectivity index (χ3n) is 5.86. The second kappa shape index (κ2) is 7.18. The summed E-state index contributed by atoms with van der Waals surface area (Å²) in [4.78, 5) is 8.57. The number of rotatable bonds is 4. The molecule has 0 unspecified atom stereocenters. The van der Waals surface area contributed by atoms with E-state index in [4.69, 9.17) is 10.5 Å². The lowest BCUT2D eigenvalue weighted by Crippen LogP contribution is -2.14. The first kappa shape index (κ1) is 19.7. The normalized spacial score (nSPS) is 15.9. The molecule has 7 nitrogen and oxygen atoms in total. The lowest BCUT2D eigenvalue weighted by Gasteiger charge is -2.13. The Bertz CT molecular complexity index is 1390. The van der Waals surface area contributed by atoms with Gasteiger partial charge in [-0.15, -0.1) is 0 Å². The molecular formula is C23H22N4O3S. The van der Waals surface area contributed by atoms with Gasteiger partial charge in [0.25, 0.3) is 10.0 Å². The fourth-order valence-corrected chi connectivity index (χ4v) is 5.77. The molecule has 2 heterocycles. The molecule has 0 aliphatic heterocycles. The van der Waals surface area contributed by atoms with Gasteiger partial charge in [-0.05, 0) is 55.2 Å². The molecule has 1 aliphatic carbocycles. The van der Waals surface area contributed by atoms with Crippen molar-refractivity contribution in [3.05, 3.63) is 71.5 Å². The molecule has 0 saturated carbocycles. The van der Waals surface area contributed by atoms with Crippen LogP contribution >= 0.6 is 0 Å². The summed E-state index contributed by atoms with van der Waals surface area (Å²) in [6, 6.07) is 12.8. The van der Waals surface area contributed by atoms with Crippen LogP contribution in [-0.2, 0) is 16.4 Å². The number of ether oxygens (including phenoxy) is 1. The van der Waals surface area contributed by atoms with Gasteiger partial charge in [-0.25, -0.2) is 22.4 Å². The van der Waals surface area contributed by atoms with Crippen molar-refractivity contribution in [3.8, 4) is 17.3 Å². The zero-order valence-corrected chi connectivity index (χ0v) is 18.1. The predicted molar refractivity (Wildman–Crippen MR) is 119 cm³/mol. The first-order chi connectivity index (χ1) is 14.9. The summed E-state index contributed by atoms with van der Waals surface area (Å²) in [5, 5.41) is 0.895. The Morgan fingerprint density at radius 2 is 1.81 bits per heavy atom. The molecule has 8 heteroatoms. The Morgan fingerprint density at radius 3 is 2.48 bits per heavy atom. The third kappa shape index (κ3) is 3.10. The lowest BCUT2D eigenvalue weighted by molar-refractivity contribution is 0.380. The van der Waals surface area contributed by atoms with Gasteiger partial charge in [0, 0.05) is 29.4 Å². The number of aryl methyl sites for hydroxylation is 2. The monoisotopic (exact) mass is 434 g/mol. The molecule has 0 bridgehead atoms. The summed E-state index contributed by atoms with van der Waals surface area (Å²) in [6.07, 6.45) is 4.83. The summed E-state index contributed by atoms with van der Waals surface area (Å²) in [6.45, 7) is 1.92. The van der Waals surface area contributed by atoms with E-state index in [0.29, 0.717) is 16.8 Å². The topological polar surface area (TPSA) is 100 Å². The molecule has 31 heavy (non-hydrogen) atoms. The Morgan fingerprint density at radius 1 is 1.10 bits per heavy atom. The van der Waals surface area contributed by atoms with Crippen LogP contribution in [0.4, 0.5) is 0 Å². The fourth-order valence-electron chi connectivity index (χ4n) is 4.24. The van der Waals surface area contributed by atoms with Crippen LogP contribution in [0.2, 0.25) is 0 Å². The summed E-state index contributed by atoms with van der Waals surface area (Å²) in [5.41, 5.74) is 11.2. The molecule has 1 aliphatic rings. The number of nitrogens with zero attached hydrogens (tertiary/aromatic N) is 3. The Kier molecular flexibility index (Phi) is 4.56. The minimum atomic E-state index is -3.87. The fraction of sp³-hybridized carbons (Fsp3) is 0.217. The van der Waals surface area contributed by atoms with E-state index >= 15 is 0 Å². The quantitative estimate of drug-likeness (QED) is 0.527. The number of aromatic nitrogens is 3. The van der Waals surface area contributed by atoms with Crippen molar-refractivity contribution >= 4 is 20.9 Å². The largest absolute Gasteiger partial charge is 0.467 e. The van der Waals surface area contributed by atoms with Gasteiger partial charge in [-0.3, -0.25) is 0 Å².